The molecule has 113 heavy (non-hydrogen) atoms. The third-order valence-corrected chi connectivity index (χ3v) is 14.0. The topological polar surface area (TPSA) is 506 Å². The van der Waals surface area contributed by atoms with Gasteiger partial charge in [0.1, 0.15) is 52.9 Å². The normalized spacial score (nSPS) is 12.5. The predicted molar refractivity (Wildman–Crippen MR) is 359 cm³/mol. The quantitative estimate of drug-likeness (QED) is 0.0136. The minimum absolute atomic E-state index is 0.180. The monoisotopic (exact) mass is 1660 g/mol. The molecular weight excluding hydrogens is 1560 g/mol. The van der Waals surface area contributed by atoms with Crippen LogP contribution in [0.15, 0.2) is 12.2 Å². The number of imide groups is 1. The molecule has 4 atom stereocenters. The number of ether oxygens (including phenoxy) is 8. The van der Waals surface area contributed by atoms with Crippen LogP contribution in [-0.4, -0.2) is 347 Å². The van der Waals surface area contributed by atoms with E-state index in [0.29, 0.717) is 12.5 Å². The first-order chi connectivity index (χ1) is 54.0. The molecule has 45 nitrogen and oxygen atoms in total. The van der Waals surface area contributed by atoms with Crippen LogP contribution in [0.25, 0.3) is 0 Å². The lowest BCUT2D eigenvalue weighted by molar-refractivity contribution is -0.246. The van der Waals surface area contributed by atoms with Crippen LogP contribution in [0.5, 0.6) is 0 Å². The van der Waals surface area contributed by atoms with E-state index in [1.165, 1.54) is 26.9 Å². The highest BCUT2D eigenvalue weighted by atomic mass is 19.3. The van der Waals surface area contributed by atoms with E-state index >= 15 is 0 Å². The fraction of sp³-hybridized carbons (Fsp3) is 0.733. The number of carbonyl (C=O) groups is 14. The van der Waals surface area contributed by atoms with Gasteiger partial charge in [-0.15, -0.1) is 19.8 Å². The smallest absolute Gasteiger partial charge is 0.409 e. The van der Waals surface area contributed by atoms with Gasteiger partial charge >= 0.3 is 48.7 Å². The Balaban J connectivity index is 0.00000947. The molecule has 0 saturated carbocycles. The lowest BCUT2D eigenvalue weighted by Gasteiger charge is -2.32. The average molecular weight is 1660 g/mol. The van der Waals surface area contributed by atoms with Gasteiger partial charge in [0.2, 0.25) is 48.8 Å². The second-order valence-corrected chi connectivity index (χ2v) is 23.1. The highest BCUT2D eigenvalue weighted by Crippen LogP contribution is 2.10. The summed E-state index contributed by atoms with van der Waals surface area (Å²) < 4.78 is 138. The summed E-state index contributed by atoms with van der Waals surface area (Å²) in [5.41, 5.74) is 0. The van der Waals surface area contributed by atoms with Crippen LogP contribution >= 0.6 is 0 Å². The van der Waals surface area contributed by atoms with E-state index in [-0.39, 0.29) is 77.1 Å². The summed E-state index contributed by atoms with van der Waals surface area (Å²) >= 11 is 0. The fourth-order valence-corrected chi connectivity index (χ4v) is 8.65. The van der Waals surface area contributed by atoms with Crippen LogP contribution in [0.4, 0.5) is 74.6 Å². The van der Waals surface area contributed by atoms with Crippen molar-refractivity contribution in [1.29, 1.82) is 0 Å². The van der Waals surface area contributed by atoms with Crippen molar-refractivity contribution in [3.05, 3.63) is 12.2 Å². The average Bonchev–Trinajstić information content (AvgIpc) is 1.73. The maximum Gasteiger partial charge on any atom is 0.409 e. The van der Waals surface area contributed by atoms with Crippen LogP contribution < -0.4 is 42.5 Å². The summed E-state index contributed by atoms with van der Waals surface area (Å²) in [4.78, 5) is 214. The second kappa shape index (κ2) is 64.5. The van der Waals surface area contributed by atoms with Gasteiger partial charge in [0, 0.05) is 164 Å². The molecular formula is C60H99F8N15O30. The molecule has 1 aliphatic heterocycles. The maximum atomic E-state index is 14.5. The van der Waals surface area contributed by atoms with Crippen LogP contribution in [0.2, 0.25) is 0 Å². The number of amides is 14. The fourth-order valence-electron chi connectivity index (χ4n) is 8.65. The molecule has 0 spiro atoms. The SMILES string of the molecule is CC(C)CCN1C(=O)C=CC1=O.CC(OF)OC(=O)NCCN(CCNC(=O)OC(C)OF)C(=O)CN(CCCN(CC(=O)N(CCNC(=O)OCCOF)CCNC(=O)OCCOF)CC(=O)N(CCNC(=O)OCCOF)CCNC(=O)OCCOF)CC(=O)N(CCNC(=O)OC(C)OF)CCNC(=O)OC(C)OF. The van der Waals surface area contributed by atoms with Crippen LogP contribution in [0, 0.1) is 5.92 Å². The summed E-state index contributed by atoms with van der Waals surface area (Å²) in [6.07, 6.45) is -12.8. The third kappa shape index (κ3) is 53.5. The standard InChI is InChI=1S/C51H86F8N14O28.C9H13NO2/c1-36(98-56)94-48(82)64-10-20-72(21-11-65-49(83)95-37(2)99-57)42(76)34-69(35-43(77)73(22-12-66-50(84)96-38(3)100-58)23-13-67-51(85)97-39(4)101-59)15-5-14-68(32-40(74)70(16-6-60-44(78)86-24-28-90-52)17-7-61-45(79)87-25-29-91-53)33-41(75)71(18-8-62-46(80)88-26-30-92-54)19-9-63-47(81)89-27-31-93-55;1-7(2)5-6-10-8(11)3-4-9(10)12/h36-39H,5-35H2,1-4H3,(H,60,78)(H,61,79)(H,62,80)(H,63,81)(H,64,82)(H,65,83)(H,66,84)(H,67,85);3-4,7H,5-6H2,1-2H3. The molecule has 0 saturated heterocycles. The van der Waals surface area contributed by atoms with Crippen molar-refractivity contribution in [3.8, 4) is 0 Å². The molecule has 0 radical (unpaired) electrons. The Morgan fingerprint density at radius 3 is 0.735 bits per heavy atom. The van der Waals surface area contributed by atoms with E-state index in [9.17, 15) is 103 Å². The highest BCUT2D eigenvalue weighted by molar-refractivity contribution is 6.12. The molecule has 0 fully saturated rings. The molecule has 0 aromatic rings. The summed E-state index contributed by atoms with van der Waals surface area (Å²) in [5.74, 6) is -3.34. The van der Waals surface area contributed by atoms with Gasteiger partial charge in [-0.2, -0.15) is 19.8 Å². The zero-order valence-electron chi connectivity index (χ0n) is 62.8. The van der Waals surface area contributed by atoms with Crippen molar-refractivity contribution in [1.82, 2.24) is 76.8 Å². The van der Waals surface area contributed by atoms with Crippen molar-refractivity contribution in [2.45, 2.75) is 79.5 Å². The van der Waals surface area contributed by atoms with Crippen LogP contribution in [-0.2, 0) is 106 Å². The summed E-state index contributed by atoms with van der Waals surface area (Å²) in [7, 11) is 0. The van der Waals surface area contributed by atoms with Crippen molar-refractivity contribution in [3.63, 3.8) is 0 Å². The molecule has 0 aromatic heterocycles. The van der Waals surface area contributed by atoms with Crippen molar-refractivity contribution in [2.24, 2.45) is 5.92 Å². The number of alkyl carbamates (subject to hydrolysis) is 8. The van der Waals surface area contributed by atoms with E-state index in [1.807, 2.05) is 0 Å². The van der Waals surface area contributed by atoms with Gasteiger partial charge in [0.15, 0.2) is 0 Å². The number of carbonyl (C=O) groups excluding carboxylic acids is 14. The van der Waals surface area contributed by atoms with E-state index in [1.54, 1.807) is 0 Å². The lowest BCUT2D eigenvalue weighted by Crippen LogP contribution is -2.51. The van der Waals surface area contributed by atoms with Crippen molar-refractivity contribution in [2.75, 3.05) is 203 Å². The van der Waals surface area contributed by atoms with Crippen LogP contribution in [0.1, 0.15) is 54.4 Å². The predicted octanol–water partition coefficient (Wildman–Crippen LogP) is 0.655. The second-order valence-electron chi connectivity index (χ2n) is 23.1. The van der Waals surface area contributed by atoms with Crippen LogP contribution in [0.3, 0.4) is 0 Å². The number of nitrogens with one attached hydrogen (secondary N) is 8. The maximum absolute atomic E-state index is 14.5. The third-order valence-electron chi connectivity index (χ3n) is 14.0. The Labute approximate surface area is 641 Å². The van der Waals surface area contributed by atoms with E-state index < -0.39 is 235 Å². The Kier molecular flexibility index (Phi) is 58.7. The number of hydrogen-bond acceptors (Lipinski definition) is 32. The Morgan fingerprint density at radius 1 is 0.327 bits per heavy atom. The number of nitrogens with zero attached hydrogens (tertiary/aromatic N) is 7. The molecule has 4 unspecified atom stereocenters. The van der Waals surface area contributed by atoms with Gasteiger partial charge in [0.25, 0.3) is 11.8 Å². The summed E-state index contributed by atoms with van der Waals surface area (Å²) in [6, 6.07) is 0. The molecule has 8 N–H and O–H groups in total. The number of rotatable bonds is 59. The zero-order valence-corrected chi connectivity index (χ0v) is 62.8. The van der Waals surface area contributed by atoms with E-state index in [0.717, 1.165) is 53.7 Å². The zero-order chi connectivity index (χ0) is 84.7. The van der Waals surface area contributed by atoms with E-state index in [2.05, 4.69) is 115 Å². The molecule has 1 aliphatic rings. The molecule has 0 aromatic carbocycles. The molecule has 14 amide bonds. The van der Waals surface area contributed by atoms with Gasteiger partial charge in [-0.25, -0.2) is 38.4 Å². The number of hydrogen-bond donors (Lipinski definition) is 8. The van der Waals surface area contributed by atoms with Gasteiger partial charge in [-0.05, 0) is 55.0 Å². The molecule has 53 heteroatoms. The van der Waals surface area contributed by atoms with Gasteiger partial charge in [0.05, 0.1) is 26.2 Å². The van der Waals surface area contributed by atoms with E-state index in [4.69, 9.17) is 18.9 Å². The minimum atomic E-state index is -1.69. The first kappa shape index (κ1) is 103. The van der Waals surface area contributed by atoms with Gasteiger partial charge in [-0.1, -0.05) is 13.8 Å². The molecule has 1 rings (SSSR count). The van der Waals surface area contributed by atoms with Gasteiger partial charge < -0.3 is 100 Å². The first-order valence-corrected chi connectivity index (χ1v) is 34.5. The molecule has 0 aliphatic carbocycles. The largest absolute Gasteiger partial charge is 0.447 e. The van der Waals surface area contributed by atoms with Crippen molar-refractivity contribution < 1.29 is 181 Å². The van der Waals surface area contributed by atoms with Gasteiger partial charge in [-0.3, -0.25) is 43.5 Å². The summed E-state index contributed by atoms with van der Waals surface area (Å²) in [5, 5.41) is 18.2. The molecule has 1 heterocycles. The lowest BCUT2D eigenvalue weighted by atomic mass is 10.1. The first-order valence-electron chi connectivity index (χ1n) is 34.5. The highest BCUT2D eigenvalue weighted by Gasteiger charge is 2.28. The molecule has 0 bridgehead atoms. The molecule has 650 valence electrons. The minimum Gasteiger partial charge on any atom is -0.447 e. The number of halogens is 8. The Hall–Kier alpha value is -10.0. The summed E-state index contributed by atoms with van der Waals surface area (Å²) in [6.45, 7) is -6.47. The Morgan fingerprint density at radius 2 is 0.540 bits per heavy atom. The van der Waals surface area contributed by atoms with Crippen molar-refractivity contribution >= 4 is 84.2 Å². The Bertz CT molecular complexity index is 2570.